The molecule has 0 aliphatic heterocycles. The van der Waals surface area contributed by atoms with Gasteiger partial charge >= 0.3 is 0 Å². The van der Waals surface area contributed by atoms with Crippen molar-refractivity contribution in [3.63, 3.8) is 0 Å². The summed E-state index contributed by atoms with van der Waals surface area (Å²) in [6.45, 7) is 4.05. The van der Waals surface area contributed by atoms with Crippen LogP contribution in [-0.2, 0) is 10.0 Å². The van der Waals surface area contributed by atoms with E-state index in [1.165, 1.54) is 16.4 Å². The molecule has 1 saturated carbocycles. The number of sulfonamides is 1. The highest BCUT2D eigenvalue weighted by Gasteiger charge is 2.34. The lowest BCUT2D eigenvalue weighted by Gasteiger charge is -2.28. The molecule has 0 radical (unpaired) electrons. The van der Waals surface area contributed by atoms with E-state index in [0.29, 0.717) is 12.1 Å². The molecule has 0 aromatic heterocycles. The summed E-state index contributed by atoms with van der Waals surface area (Å²) in [5.74, 6) is -0.205. The Bertz CT molecular complexity index is 684. The zero-order valence-corrected chi connectivity index (χ0v) is 16.6. The fourth-order valence-electron chi connectivity index (χ4n) is 2.97. The zero-order chi connectivity index (χ0) is 18.0. The van der Waals surface area contributed by atoms with E-state index in [-0.39, 0.29) is 34.8 Å². The van der Waals surface area contributed by atoms with Gasteiger partial charge in [-0.25, -0.2) is 8.42 Å². The van der Waals surface area contributed by atoms with Gasteiger partial charge in [0.05, 0.1) is 10.4 Å². The van der Waals surface area contributed by atoms with E-state index in [1.807, 2.05) is 13.8 Å². The SMILES string of the molecule is CC(C)N(C)S(=O)(=O)c1ccc(C(=O)NC2(CN)CCCC2)cc1.Cl. The van der Waals surface area contributed by atoms with E-state index >= 15 is 0 Å². The summed E-state index contributed by atoms with van der Waals surface area (Å²) in [5, 5.41) is 3.03. The summed E-state index contributed by atoms with van der Waals surface area (Å²) >= 11 is 0. The highest BCUT2D eigenvalue weighted by Crippen LogP contribution is 2.29. The maximum absolute atomic E-state index is 12.4. The number of hydrogen-bond donors (Lipinski definition) is 2. The van der Waals surface area contributed by atoms with Crippen LogP contribution < -0.4 is 11.1 Å². The largest absolute Gasteiger partial charge is 0.345 e. The first-order chi connectivity index (χ1) is 11.2. The standard InChI is InChI=1S/C17H27N3O3S.ClH/c1-13(2)20(3)24(22,23)15-8-6-14(7-9-15)16(21)19-17(12-18)10-4-5-11-17;/h6-9,13H,4-5,10-12,18H2,1-3H3,(H,19,21);1H. The van der Waals surface area contributed by atoms with Gasteiger partial charge in [0.25, 0.3) is 5.91 Å². The molecule has 0 unspecified atom stereocenters. The molecule has 0 saturated heterocycles. The van der Waals surface area contributed by atoms with Gasteiger partial charge in [0.1, 0.15) is 0 Å². The van der Waals surface area contributed by atoms with Crippen LogP contribution in [0.1, 0.15) is 49.9 Å². The van der Waals surface area contributed by atoms with Gasteiger partial charge in [-0.1, -0.05) is 12.8 Å². The molecule has 0 atom stereocenters. The molecule has 1 aliphatic rings. The topological polar surface area (TPSA) is 92.5 Å². The number of benzene rings is 1. The van der Waals surface area contributed by atoms with Crippen molar-refractivity contribution >= 4 is 28.3 Å². The van der Waals surface area contributed by atoms with E-state index in [0.717, 1.165) is 25.7 Å². The highest BCUT2D eigenvalue weighted by molar-refractivity contribution is 7.89. The minimum atomic E-state index is -3.54. The van der Waals surface area contributed by atoms with Gasteiger partial charge in [0, 0.05) is 25.2 Å². The number of nitrogens with two attached hydrogens (primary N) is 1. The van der Waals surface area contributed by atoms with E-state index in [9.17, 15) is 13.2 Å². The second kappa shape index (κ2) is 8.49. The van der Waals surface area contributed by atoms with Crippen LogP contribution in [0.5, 0.6) is 0 Å². The molecule has 0 bridgehead atoms. The molecule has 8 heteroatoms. The quantitative estimate of drug-likeness (QED) is 0.779. The minimum Gasteiger partial charge on any atom is -0.345 e. The number of rotatable bonds is 6. The molecule has 0 heterocycles. The molecule has 25 heavy (non-hydrogen) atoms. The summed E-state index contributed by atoms with van der Waals surface area (Å²) in [7, 11) is -1.99. The normalized spacial score (nSPS) is 16.7. The van der Waals surface area contributed by atoms with Crippen molar-refractivity contribution in [1.82, 2.24) is 9.62 Å². The molecule has 1 fully saturated rings. The van der Waals surface area contributed by atoms with Crippen molar-refractivity contribution in [1.29, 1.82) is 0 Å². The van der Waals surface area contributed by atoms with Gasteiger partial charge in [-0.2, -0.15) is 4.31 Å². The smallest absolute Gasteiger partial charge is 0.251 e. The summed E-state index contributed by atoms with van der Waals surface area (Å²) in [5.41, 5.74) is 5.96. The van der Waals surface area contributed by atoms with Gasteiger partial charge in [-0.15, -0.1) is 12.4 Å². The Kier molecular flexibility index (Phi) is 7.43. The predicted octanol–water partition coefficient (Wildman–Crippen LogP) is 2.14. The van der Waals surface area contributed by atoms with Crippen LogP contribution in [0.3, 0.4) is 0 Å². The first-order valence-corrected chi connectivity index (χ1v) is 9.76. The van der Waals surface area contributed by atoms with E-state index in [2.05, 4.69) is 5.32 Å². The molecule has 142 valence electrons. The van der Waals surface area contributed by atoms with E-state index in [1.54, 1.807) is 19.2 Å². The third-order valence-electron chi connectivity index (χ3n) is 4.85. The lowest BCUT2D eigenvalue weighted by Crippen LogP contribution is -2.51. The molecule has 6 nitrogen and oxygen atoms in total. The number of carbonyl (C=O) groups excluding carboxylic acids is 1. The molecule has 1 aromatic rings. The Morgan fingerprint density at radius 3 is 2.20 bits per heavy atom. The molecule has 3 N–H and O–H groups in total. The van der Waals surface area contributed by atoms with Crippen LogP contribution in [0.25, 0.3) is 0 Å². The fraction of sp³-hybridized carbons (Fsp3) is 0.588. The van der Waals surface area contributed by atoms with Crippen molar-refractivity contribution in [2.75, 3.05) is 13.6 Å². The lowest BCUT2D eigenvalue weighted by molar-refractivity contribution is 0.0903. The Morgan fingerprint density at radius 2 is 1.76 bits per heavy atom. The first-order valence-electron chi connectivity index (χ1n) is 8.32. The summed E-state index contributed by atoms with van der Waals surface area (Å²) < 4.78 is 26.2. The second-order valence-corrected chi connectivity index (χ2v) is 8.78. The number of halogens is 1. The molecule has 0 spiro atoms. The van der Waals surface area contributed by atoms with Crippen LogP contribution >= 0.6 is 12.4 Å². The Balaban J connectivity index is 0.00000312. The van der Waals surface area contributed by atoms with E-state index in [4.69, 9.17) is 5.73 Å². The summed E-state index contributed by atoms with van der Waals surface area (Å²) in [6, 6.07) is 5.93. The van der Waals surface area contributed by atoms with Crippen molar-refractivity contribution in [3.05, 3.63) is 29.8 Å². The third-order valence-corrected chi connectivity index (χ3v) is 6.90. The summed E-state index contributed by atoms with van der Waals surface area (Å²) in [4.78, 5) is 12.6. The molecular weight excluding hydrogens is 362 g/mol. The van der Waals surface area contributed by atoms with Gasteiger partial charge in [-0.05, 0) is 51.0 Å². The average molecular weight is 390 g/mol. The highest BCUT2D eigenvalue weighted by atomic mass is 35.5. The zero-order valence-electron chi connectivity index (χ0n) is 15.0. The van der Waals surface area contributed by atoms with Crippen LogP contribution in [-0.4, -0.2) is 43.8 Å². The first kappa shape index (κ1) is 21.9. The lowest BCUT2D eigenvalue weighted by atomic mass is 9.97. The van der Waals surface area contributed by atoms with Gasteiger partial charge in [-0.3, -0.25) is 4.79 Å². The minimum absolute atomic E-state index is 0. The van der Waals surface area contributed by atoms with Crippen molar-refractivity contribution < 1.29 is 13.2 Å². The van der Waals surface area contributed by atoms with Crippen LogP contribution in [0.4, 0.5) is 0 Å². The van der Waals surface area contributed by atoms with Crippen molar-refractivity contribution in [2.24, 2.45) is 5.73 Å². The Labute approximate surface area is 156 Å². The Morgan fingerprint density at radius 1 is 1.24 bits per heavy atom. The molecule has 2 rings (SSSR count). The van der Waals surface area contributed by atoms with Crippen LogP contribution in [0.15, 0.2) is 29.2 Å². The number of amides is 1. The average Bonchev–Trinajstić information content (AvgIpc) is 3.03. The van der Waals surface area contributed by atoms with Gasteiger partial charge in [0.15, 0.2) is 0 Å². The molecular formula is C17H28ClN3O3S. The van der Waals surface area contributed by atoms with Crippen LogP contribution in [0.2, 0.25) is 0 Å². The van der Waals surface area contributed by atoms with Crippen molar-refractivity contribution in [3.8, 4) is 0 Å². The maximum Gasteiger partial charge on any atom is 0.251 e. The molecule has 1 aliphatic carbocycles. The monoisotopic (exact) mass is 389 g/mol. The number of nitrogens with one attached hydrogen (secondary N) is 1. The Hall–Kier alpha value is -1.15. The van der Waals surface area contributed by atoms with Gasteiger partial charge in [0.2, 0.25) is 10.0 Å². The van der Waals surface area contributed by atoms with Crippen molar-refractivity contribution in [2.45, 2.75) is 56.0 Å². The second-order valence-electron chi connectivity index (χ2n) is 6.79. The fourth-order valence-corrected chi connectivity index (χ4v) is 4.33. The number of nitrogens with zero attached hydrogens (tertiary/aromatic N) is 1. The molecule has 1 amide bonds. The van der Waals surface area contributed by atoms with Crippen LogP contribution in [0, 0.1) is 0 Å². The predicted molar refractivity (Wildman–Crippen MR) is 101 cm³/mol. The van der Waals surface area contributed by atoms with Gasteiger partial charge < -0.3 is 11.1 Å². The number of hydrogen-bond acceptors (Lipinski definition) is 4. The molecule has 1 aromatic carbocycles. The number of carbonyl (C=O) groups is 1. The summed E-state index contributed by atoms with van der Waals surface area (Å²) in [6.07, 6.45) is 3.91. The third kappa shape index (κ3) is 4.73. The van der Waals surface area contributed by atoms with E-state index < -0.39 is 10.0 Å². The maximum atomic E-state index is 12.4.